The number of amides is 2. The summed E-state index contributed by atoms with van der Waals surface area (Å²) < 4.78 is 37.0. The number of nitrogens with zero attached hydrogens (tertiary/aromatic N) is 3. The Labute approximate surface area is 141 Å². The highest BCUT2D eigenvalue weighted by Crippen LogP contribution is 2.22. The minimum Gasteiger partial charge on any atom is -0.497 e. The molecule has 0 aliphatic carbocycles. The van der Waals surface area contributed by atoms with E-state index in [2.05, 4.69) is 0 Å². The Morgan fingerprint density at radius 2 is 1.71 bits per heavy atom. The molecule has 1 aromatic rings. The molecule has 2 fully saturated rings. The van der Waals surface area contributed by atoms with Crippen molar-refractivity contribution in [2.24, 2.45) is 0 Å². The Bertz CT molecular complexity index is 686. The lowest BCUT2D eigenvalue weighted by molar-refractivity contribution is 0.0446. The van der Waals surface area contributed by atoms with Gasteiger partial charge < -0.3 is 19.3 Å². The van der Waals surface area contributed by atoms with E-state index in [1.54, 1.807) is 21.9 Å². The fourth-order valence-corrected chi connectivity index (χ4v) is 4.16. The van der Waals surface area contributed by atoms with Gasteiger partial charge in [-0.2, -0.15) is 4.31 Å². The standard InChI is InChI=1S/C15H21N3O5S/c1-22-13-2-4-14(5-3-13)24(20,21)18-7-6-17(12-18)15(19)16-8-10-23-11-9-16/h2-5H,6-12H2,1H3. The molecule has 0 atom stereocenters. The SMILES string of the molecule is COc1ccc(S(=O)(=O)N2CCN(C(=O)N3CCOCC3)C2)cc1. The van der Waals surface area contributed by atoms with E-state index in [-0.39, 0.29) is 17.6 Å². The number of methoxy groups -OCH3 is 1. The molecule has 0 unspecified atom stereocenters. The zero-order chi connectivity index (χ0) is 17.2. The van der Waals surface area contributed by atoms with Crippen LogP contribution in [0.15, 0.2) is 29.2 Å². The molecule has 3 rings (SSSR count). The summed E-state index contributed by atoms with van der Waals surface area (Å²) in [4.78, 5) is 15.9. The van der Waals surface area contributed by atoms with E-state index in [0.717, 1.165) is 0 Å². The largest absolute Gasteiger partial charge is 0.497 e. The topological polar surface area (TPSA) is 79.4 Å². The first kappa shape index (κ1) is 17.0. The van der Waals surface area contributed by atoms with Crippen LogP contribution in [-0.2, 0) is 14.8 Å². The van der Waals surface area contributed by atoms with Gasteiger partial charge in [-0.3, -0.25) is 0 Å². The molecule has 2 saturated heterocycles. The molecule has 0 radical (unpaired) electrons. The summed E-state index contributed by atoms with van der Waals surface area (Å²) in [6, 6.07) is 6.12. The van der Waals surface area contributed by atoms with Gasteiger partial charge >= 0.3 is 6.03 Å². The van der Waals surface area contributed by atoms with Crippen LogP contribution >= 0.6 is 0 Å². The molecule has 132 valence electrons. The molecule has 0 N–H and O–H groups in total. The van der Waals surface area contributed by atoms with Crippen molar-refractivity contribution < 1.29 is 22.7 Å². The number of sulfonamides is 1. The number of carbonyl (C=O) groups is 1. The van der Waals surface area contributed by atoms with Crippen LogP contribution in [0.2, 0.25) is 0 Å². The van der Waals surface area contributed by atoms with Crippen molar-refractivity contribution in [1.29, 1.82) is 0 Å². The van der Waals surface area contributed by atoms with Crippen molar-refractivity contribution in [3.8, 4) is 5.75 Å². The van der Waals surface area contributed by atoms with Gasteiger partial charge in [0.25, 0.3) is 0 Å². The van der Waals surface area contributed by atoms with E-state index >= 15 is 0 Å². The van der Waals surface area contributed by atoms with E-state index in [0.29, 0.717) is 45.1 Å². The molecule has 1 aromatic carbocycles. The van der Waals surface area contributed by atoms with Crippen molar-refractivity contribution in [2.75, 3.05) is 53.2 Å². The number of benzene rings is 1. The van der Waals surface area contributed by atoms with E-state index in [9.17, 15) is 13.2 Å². The molecule has 0 spiro atoms. The van der Waals surface area contributed by atoms with Crippen LogP contribution in [0.5, 0.6) is 5.75 Å². The number of morpholine rings is 1. The lowest BCUT2D eigenvalue weighted by Gasteiger charge is -2.30. The fourth-order valence-electron chi connectivity index (χ4n) is 2.77. The van der Waals surface area contributed by atoms with Crippen LogP contribution in [0.1, 0.15) is 0 Å². The second-order valence-electron chi connectivity index (χ2n) is 5.64. The van der Waals surface area contributed by atoms with Crippen molar-refractivity contribution in [1.82, 2.24) is 14.1 Å². The summed E-state index contributed by atoms with van der Waals surface area (Å²) in [6.07, 6.45) is 0. The van der Waals surface area contributed by atoms with Crippen LogP contribution in [-0.4, -0.2) is 81.7 Å². The van der Waals surface area contributed by atoms with Crippen molar-refractivity contribution in [3.63, 3.8) is 0 Å². The molecule has 24 heavy (non-hydrogen) atoms. The molecule has 0 aromatic heterocycles. The van der Waals surface area contributed by atoms with Crippen LogP contribution in [0, 0.1) is 0 Å². The number of rotatable bonds is 3. The quantitative estimate of drug-likeness (QED) is 0.785. The summed E-state index contributed by atoms with van der Waals surface area (Å²) in [7, 11) is -2.09. The van der Waals surface area contributed by atoms with Gasteiger partial charge in [0.05, 0.1) is 31.9 Å². The average Bonchev–Trinajstić information content (AvgIpc) is 3.13. The van der Waals surface area contributed by atoms with Gasteiger partial charge in [0, 0.05) is 26.2 Å². The smallest absolute Gasteiger partial charge is 0.321 e. The second-order valence-corrected chi connectivity index (χ2v) is 7.58. The molecule has 8 nitrogen and oxygen atoms in total. The van der Waals surface area contributed by atoms with Crippen molar-refractivity contribution in [2.45, 2.75) is 4.90 Å². The summed E-state index contributed by atoms with van der Waals surface area (Å²) in [5.41, 5.74) is 0. The van der Waals surface area contributed by atoms with Gasteiger partial charge in [0.15, 0.2) is 0 Å². The minimum atomic E-state index is -3.62. The predicted molar refractivity (Wildman–Crippen MR) is 86.2 cm³/mol. The molecular weight excluding hydrogens is 334 g/mol. The summed E-state index contributed by atoms with van der Waals surface area (Å²) in [6.45, 7) is 2.89. The van der Waals surface area contributed by atoms with Crippen molar-refractivity contribution in [3.05, 3.63) is 24.3 Å². The van der Waals surface area contributed by atoms with Crippen LogP contribution in [0.3, 0.4) is 0 Å². The Morgan fingerprint density at radius 1 is 1.04 bits per heavy atom. The number of urea groups is 1. The zero-order valence-electron chi connectivity index (χ0n) is 13.6. The number of hydrogen-bond donors (Lipinski definition) is 0. The van der Waals surface area contributed by atoms with E-state index in [1.165, 1.54) is 23.5 Å². The fraction of sp³-hybridized carbons (Fsp3) is 0.533. The Morgan fingerprint density at radius 3 is 2.33 bits per heavy atom. The van der Waals surface area contributed by atoms with Crippen molar-refractivity contribution >= 4 is 16.1 Å². The first-order valence-electron chi connectivity index (χ1n) is 7.78. The zero-order valence-corrected chi connectivity index (χ0v) is 14.4. The summed E-state index contributed by atoms with van der Waals surface area (Å²) >= 11 is 0. The van der Waals surface area contributed by atoms with E-state index in [4.69, 9.17) is 9.47 Å². The third-order valence-corrected chi connectivity index (χ3v) is 6.04. The molecule has 2 aliphatic rings. The highest BCUT2D eigenvalue weighted by molar-refractivity contribution is 7.89. The number of hydrogen-bond acceptors (Lipinski definition) is 5. The van der Waals surface area contributed by atoms with Crippen LogP contribution < -0.4 is 4.74 Å². The van der Waals surface area contributed by atoms with Gasteiger partial charge in [0.2, 0.25) is 10.0 Å². The molecule has 0 bridgehead atoms. The normalized spacial score (nSPS) is 19.5. The summed E-state index contributed by atoms with van der Waals surface area (Å²) in [5.74, 6) is 0.597. The second kappa shape index (κ2) is 6.96. The maximum atomic E-state index is 12.7. The Hall–Kier alpha value is -1.84. The minimum absolute atomic E-state index is 0.0740. The Kier molecular flexibility index (Phi) is 4.93. The first-order chi connectivity index (χ1) is 11.5. The highest BCUT2D eigenvalue weighted by Gasteiger charge is 2.35. The molecular formula is C15H21N3O5S. The van der Waals surface area contributed by atoms with Crippen LogP contribution in [0.4, 0.5) is 4.79 Å². The molecule has 2 heterocycles. The molecule has 2 aliphatic heterocycles. The lowest BCUT2D eigenvalue weighted by atomic mass is 10.3. The molecule has 0 saturated carbocycles. The van der Waals surface area contributed by atoms with Gasteiger partial charge in [0.1, 0.15) is 5.75 Å². The monoisotopic (exact) mass is 355 g/mol. The average molecular weight is 355 g/mol. The van der Waals surface area contributed by atoms with Gasteiger partial charge in [-0.1, -0.05) is 0 Å². The number of ether oxygens (including phenoxy) is 2. The predicted octanol–water partition coefficient (Wildman–Crippen LogP) is 0.411. The maximum absolute atomic E-state index is 12.7. The highest BCUT2D eigenvalue weighted by atomic mass is 32.2. The third-order valence-electron chi connectivity index (χ3n) is 4.20. The first-order valence-corrected chi connectivity index (χ1v) is 9.22. The third kappa shape index (κ3) is 3.33. The molecule has 9 heteroatoms. The van der Waals surface area contributed by atoms with Gasteiger partial charge in [-0.05, 0) is 24.3 Å². The van der Waals surface area contributed by atoms with E-state index in [1.807, 2.05) is 0 Å². The van der Waals surface area contributed by atoms with Gasteiger partial charge in [-0.15, -0.1) is 0 Å². The molecule has 2 amide bonds. The number of carbonyl (C=O) groups excluding carboxylic acids is 1. The Balaban J connectivity index is 1.68. The van der Waals surface area contributed by atoms with Crippen LogP contribution in [0.25, 0.3) is 0 Å². The lowest BCUT2D eigenvalue weighted by Crippen LogP contribution is -2.48. The van der Waals surface area contributed by atoms with E-state index < -0.39 is 10.0 Å². The van der Waals surface area contributed by atoms with Gasteiger partial charge in [-0.25, -0.2) is 13.2 Å². The maximum Gasteiger partial charge on any atom is 0.321 e. The summed E-state index contributed by atoms with van der Waals surface area (Å²) in [5, 5.41) is 0.